The van der Waals surface area contributed by atoms with E-state index in [1.165, 1.54) is 18.2 Å². The molecule has 1 aliphatic heterocycles. The Bertz CT molecular complexity index is 387. The molecule has 0 aliphatic carbocycles. The molecule has 1 aliphatic rings. The minimum atomic E-state index is -0.370. The maximum Gasteiger partial charge on any atom is 0.246 e. The van der Waals surface area contributed by atoms with Crippen molar-refractivity contribution in [3.05, 3.63) is 34.6 Å². The fraction of sp³-hybridized carbons (Fsp3) is 0.300. The number of morpholine rings is 1. The molecule has 80 valence electrons. The SMILES string of the molecule is O=C1CO[C@H](c2cc(F)ccc2Cl)CN1. The lowest BCUT2D eigenvalue weighted by Crippen LogP contribution is -2.38. The van der Waals surface area contributed by atoms with Crippen LogP contribution >= 0.6 is 11.6 Å². The van der Waals surface area contributed by atoms with Crippen molar-refractivity contribution in [1.29, 1.82) is 0 Å². The first kappa shape index (κ1) is 10.4. The number of benzene rings is 1. The van der Waals surface area contributed by atoms with Crippen molar-refractivity contribution in [2.45, 2.75) is 6.10 Å². The lowest BCUT2D eigenvalue weighted by atomic mass is 10.1. The number of hydrogen-bond acceptors (Lipinski definition) is 2. The molecule has 1 N–H and O–H groups in total. The number of carbonyl (C=O) groups excluding carboxylic acids is 1. The molecule has 0 aromatic heterocycles. The molecule has 1 atom stereocenters. The Labute approximate surface area is 91.2 Å². The number of hydrogen-bond donors (Lipinski definition) is 1. The summed E-state index contributed by atoms with van der Waals surface area (Å²) in [4.78, 5) is 10.8. The molecule has 0 bridgehead atoms. The summed E-state index contributed by atoms with van der Waals surface area (Å²) >= 11 is 5.91. The molecule has 3 nitrogen and oxygen atoms in total. The average molecular weight is 230 g/mol. The number of ether oxygens (including phenoxy) is 1. The normalized spacial score (nSPS) is 21.2. The van der Waals surface area contributed by atoms with Gasteiger partial charge in [-0.2, -0.15) is 0 Å². The Kier molecular flexibility index (Phi) is 2.88. The van der Waals surface area contributed by atoms with E-state index < -0.39 is 0 Å². The zero-order valence-corrected chi connectivity index (χ0v) is 8.55. The second kappa shape index (κ2) is 4.16. The van der Waals surface area contributed by atoms with E-state index in [4.69, 9.17) is 16.3 Å². The van der Waals surface area contributed by atoms with E-state index >= 15 is 0 Å². The van der Waals surface area contributed by atoms with E-state index in [0.717, 1.165) is 0 Å². The van der Waals surface area contributed by atoms with Gasteiger partial charge in [-0.15, -0.1) is 0 Å². The molecular weight excluding hydrogens is 221 g/mol. The smallest absolute Gasteiger partial charge is 0.246 e. The predicted molar refractivity (Wildman–Crippen MR) is 53.1 cm³/mol. The lowest BCUT2D eigenvalue weighted by molar-refractivity contribution is -0.133. The molecule has 1 fully saturated rings. The van der Waals surface area contributed by atoms with Crippen molar-refractivity contribution in [1.82, 2.24) is 5.32 Å². The zero-order valence-electron chi connectivity index (χ0n) is 7.80. The molecule has 1 saturated heterocycles. The molecule has 1 heterocycles. The van der Waals surface area contributed by atoms with E-state index in [2.05, 4.69) is 5.32 Å². The highest BCUT2D eigenvalue weighted by Gasteiger charge is 2.22. The monoisotopic (exact) mass is 229 g/mol. The van der Waals surface area contributed by atoms with Crippen molar-refractivity contribution in [3.8, 4) is 0 Å². The first-order valence-electron chi connectivity index (χ1n) is 4.50. The van der Waals surface area contributed by atoms with Gasteiger partial charge in [0.05, 0.1) is 0 Å². The second-order valence-electron chi connectivity index (χ2n) is 3.27. The third kappa shape index (κ3) is 2.27. The fourth-order valence-corrected chi connectivity index (χ4v) is 1.69. The molecule has 0 unspecified atom stereocenters. The van der Waals surface area contributed by atoms with Crippen LogP contribution in [0, 0.1) is 5.82 Å². The van der Waals surface area contributed by atoms with Gasteiger partial charge in [0.15, 0.2) is 0 Å². The Hall–Kier alpha value is -1.13. The third-order valence-electron chi connectivity index (χ3n) is 2.21. The Balaban J connectivity index is 2.21. The van der Waals surface area contributed by atoms with Crippen LogP contribution in [0.15, 0.2) is 18.2 Å². The van der Waals surface area contributed by atoms with Crippen LogP contribution in [0.2, 0.25) is 5.02 Å². The minimum Gasteiger partial charge on any atom is -0.362 e. The highest BCUT2D eigenvalue weighted by Crippen LogP contribution is 2.27. The number of halogens is 2. The number of amides is 1. The van der Waals surface area contributed by atoms with E-state index in [-0.39, 0.29) is 24.4 Å². The Morgan fingerprint density at radius 3 is 3.00 bits per heavy atom. The van der Waals surface area contributed by atoms with Crippen LogP contribution in [0.25, 0.3) is 0 Å². The van der Waals surface area contributed by atoms with E-state index in [1.807, 2.05) is 0 Å². The average Bonchev–Trinajstić information content (AvgIpc) is 2.23. The molecule has 0 radical (unpaired) electrons. The van der Waals surface area contributed by atoms with Gasteiger partial charge in [-0.1, -0.05) is 11.6 Å². The van der Waals surface area contributed by atoms with E-state index in [0.29, 0.717) is 17.1 Å². The molecule has 0 spiro atoms. The van der Waals surface area contributed by atoms with Gasteiger partial charge in [-0.25, -0.2) is 4.39 Å². The zero-order chi connectivity index (χ0) is 10.8. The van der Waals surface area contributed by atoms with E-state index in [1.54, 1.807) is 0 Å². The highest BCUT2D eigenvalue weighted by atomic mass is 35.5. The molecule has 1 aromatic carbocycles. The summed E-state index contributed by atoms with van der Waals surface area (Å²) in [6.07, 6.45) is -0.370. The molecule has 5 heteroatoms. The van der Waals surface area contributed by atoms with E-state index in [9.17, 15) is 9.18 Å². The quantitative estimate of drug-likeness (QED) is 0.796. The van der Waals surface area contributed by atoms with Gasteiger partial charge >= 0.3 is 0 Å². The second-order valence-corrected chi connectivity index (χ2v) is 3.68. The minimum absolute atomic E-state index is 0.0164. The maximum absolute atomic E-state index is 13.0. The topological polar surface area (TPSA) is 38.3 Å². The van der Waals surface area contributed by atoms with Gasteiger partial charge in [-0.3, -0.25) is 4.79 Å². The summed E-state index contributed by atoms with van der Waals surface area (Å²) < 4.78 is 18.2. The Morgan fingerprint density at radius 2 is 2.33 bits per heavy atom. The predicted octanol–water partition coefficient (Wildman–Crippen LogP) is 1.67. The summed E-state index contributed by atoms with van der Waals surface area (Å²) in [6.45, 7) is 0.305. The van der Waals surface area contributed by atoms with Gasteiger partial charge in [-0.05, 0) is 18.2 Å². The fourth-order valence-electron chi connectivity index (χ4n) is 1.45. The van der Waals surface area contributed by atoms with Gasteiger partial charge in [0.1, 0.15) is 18.5 Å². The van der Waals surface area contributed by atoms with Crippen LogP contribution in [-0.4, -0.2) is 19.1 Å². The van der Waals surface area contributed by atoms with Crippen LogP contribution < -0.4 is 5.32 Å². The summed E-state index contributed by atoms with van der Waals surface area (Å²) in [5.74, 6) is -0.534. The van der Waals surface area contributed by atoms with Crippen molar-refractivity contribution in [2.75, 3.05) is 13.2 Å². The summed E-state index contributed by atoms with van der Waals surface area (Å²) in [5.41, 5.74) is 0.566. The maximum atomic E-state index is 13.0. The summed E-state index contributed by atoms with van der Waals surface area (Å²) in [6, 6.07) is 4.09. The largest absolute Gasteiger partial charge is 0.362 e. The van der Waals surface area contributed by atoms with Gasteiger partial charge < -0.3 is 10.1 Å². The number of nitrogens with one attached hydrogen (secondary N) is 1. The van der Waals surface area contributed by atoms with Crippen LogP contribution in [0.1, 0.15) is 11.7 Å². The van der Waals surface area contributed by atoms with Crippen molar-refractivity contribution in [3.63, 3.8) is 0 Å². The van der Waals surface area contributed by atoms with Crippen LogP contribution in [0.5, 0.6) is 0 Å². The number of rotatable bonds is 1. The summed E-state index contributed by atoms with van der Waals surface area (Å²) in [7, 11) is 0. The molecule has 2 rings (SSSR count). The molecule has 1 aromatic rings. The van der Waals surface area contributed by atoms with Crippen LogP contribution in [0.4, 0.5) is 4.39 Å². The Morgan fingerprint density at radius 1 is 1.53 bits per heavy atom. The van der Waals surface area contributed by atoms with Crippen molar-refractivity contribution >= 4 is 17.5 Å². The third-order valence-corrected chi connectivity index (χ3v) is 2.55. The highest BCUT2D eigenvalue weighted by molar-refractivity contribution is 6.31. The lowest BCUT2D eigenvalue weighted by Gasteiger charge is -2.24. The molecule has 15 heavy (non-hydrogen) atoms. The molecular formula is C10H9ClFNO2. The number of carbonyl (C=O) groups is 1. The first-order valence-corrected chi connectivity index (χ1v) is 4.88. The molecule has 0 saturated carbocycles. The van der Waals surface area contributed by atoms with Crippen molar-refractivity contribution in [2.24, 2.45) is 0 Å². The first-order chi connectivity index (χ1) is 7.16. The van der Waals surface area contributed by atoms with Gasteiger partial charge in [0, 0.05) is 17.1 Å². The summed E-state index contributed by atoms with van der Waals surface area (Å²) in [5, 5.41) is 3.07. The van der Waals surface area contributed by atoms with Crippen LogP contribution in [-0.2, 0) is 9.53 Å². The van der Waals surface area contributed by atoms with Gasteiger partial charge in [0.2, 0.25) is 5.91 Å². The standard InChI is InChI=1S/C10H9ClFNO2/c11-8-2-1-6(12)3-7(8)9-4-13-10(14)5-15-9/h1-3,9H,4-5H2,(H,13,14)/t9-/m0/s1. The molecule has 1 amide bonds. The van der Waals surface area contributed by atoms with Crippen molar-refractivity contribution < 1.29 is 13.9 Å². The van der Waals surface area contributed by atoms with Gasteiger partial charge in [0.25, 0.3) is 0 Å². The van der Waals surface area contributed by atoms with Crippen LogP contribution in [0.3, 0.4) is 0 Å².